The molecule has 0 aromatic heterocycles. The molecule has 1 amide bonds. The number of carbonyl (C=O) groups is 1. The van der Waals surface area contributed by atoms with Gasteiger partial charge in [0.2, 0.25) is 5.91 Å². The van der Waals surface area contributed by atoms with Crippen molar-refractivity contribution in [1.82, 2.24) is 4.90 Å². The Morgan fingerprint density at radius 1 is 1.40 bits per heavy atom. The minimum absolute atomic E-state index is 0. The highest BCUT2D eigenvalue weighted by atomic mass is 35.5. The number of halogens is 1. The number of piperidine rings is 1. The monoisotopic (exact) mass is 297 g/mol. The Bertz CT molecular complexity index is 444. The van der Waals surface area contributed by atoms with E-state index in [9.17, 15) is 4.79 Å². The maximum absolute atomic E-state index is 12.1. The third-order valence-corrected chi connectivity index (χ3v) is 3.65. The van der Waals surface area contributed by atoms with Gasteiger partial charge in [0.1, 0.15) is 0 Å². The maximum atomic E-state index is 12.1. The SMILES string of the molecule is Cc1cccc(C)c1NC(=O)CN1CCC[C@@H](N)C1.Cl. The van der Waals surface area contributed by atoms with Crippen molar-refractivity contribution in [2.24, 2.45) is 5.73 Å². The van der Waals surface area contributed by atoms with Crippen LogP contribution in [0, 0.1) is 13.8 Å². The second-order valence-corrected chi connectivity index (χ2v) is 5.45. The number of anilines is 1. The van der Waals surface area contributed by atoms with Gasteiger partial charge in [0.25, 0.3) is 0 Å². The van der Waals surface area contributed by atoms with E-state index in [2.05, 4.69) is 10.2 Å². The number of benzene rings is 1. The van der Waals surface area contributed by atoms with E-state index in [4.69, 9.17) is 5.73 Å². The van der Waals surface area contributed by atoms with E-state index < -0.39 is 0 Å². The lowest BCUT2D eigenvalue weighted by atomic mass is 10.1. The number of carbonyl (C=O) groups excluding carboxylic acids is 1. The number of nitrogens with one attached hydrogen (secondary N) is 1. The molecule has 1 aliphatic rings. The smallest absolute Gasteiger partial charge is 0.238 e. The molecule has 0 saturated carbocycles. The van der Waals surface area contributed by atoms with Crippen LogP contribution in [0.1, 0.15) is 24.0 Å². The van der Waals surface area contributed by atoms with Crippen molar-refractivity contribution < 1.29 is 4.79 Å². The Hall–Kier alpha value is -1.10. The molecule has 1 fully saturated rings. The van der Waals surface area contributed by atoms with Crippen LogP contribution in [0.15, 0.2) is 18.2 Å². The first-order valence-electron chi connectivity index (χ1n) is 6.90. The number of hydrogen-bond acceptors (Lipinski definition) is 3. The molecule has 0 radical (unpaired) electrons. The normalized spacial score (nSPS) is 19.2. The molecule has 1 heterocycles. The maximum Gasteiger partial charge on any atom is 0.238 e. The molecular weight excluding hydrogens is 274 g/mol. The third kappa shape index (κ3) is 4.47. The fourth-order valence-corrected chi connectivity index (χ4v) is 2.63. The summed E-state index contributed by atoms with van der Waals surface area (Å²) in [6, 6.07) is 6.24. The van der Waals surface area contributed by atoms with Crippen LogP contribution in [-0.4, -0.2) is 36.5 Å². The molecule has 112 valence electrons. The van der Waals surface area contributed by atoms with Gasteiger partial charge in [0, 0.05) is 18.3 Å². The number of hydrogen-bond donors (Lipinski definition) is 2. The zero-order chi connectivity index (χ0) is 13.8. The molecule has 20 heavy (non-hydrogen) atoms. The molecule has 1 aromatic carbocycles. The van der Waals surface area contributed by atoms with Crippen LogP contribution in [-0.2, 0) is 4.79 Å². The van der Waals surface area contributed by atoms with Crippen LogP contribution in [0.25, 0.3) is 0 Å². The van der Waals surface area contributed by atoms with Gasteiger partial charge in [0.15, 0.2) is 0 Å². The number of para-hydroxylation sites is 1. The van der Waals surface area contributed by atoms with Gasteiger partial charge in [-0.3, -0.25) is 9.69 Å². The van der Waals surface area contributed by atoms with Gasteiger partial charge in [-0.25, -0.2) is 0 Å². The fraction of sp³-hybridized carbons (Fsp3) is 0.533. The highest BCUT2D eigenvalue weighted by molar-refractivity contribution is 5.93. The average molecular weight is 298 g/mol. The Balaban J connectivity index is 0.00000200. The molecule has 0 unspecified atom stereocenters. The molecule has 5 heteroatoms. The zero-order valence-electron chi connectivity index (χ0n) is 12.2. The molecule has 1 aliphatic heterocycles. The summed E-state index contributed by atoms with van der Waals surface area (Å²) in [7, 11) is 0. The van der Waals surface area contributed by atoms with E-state index in [1.54, 1.807) is 0 Å². The quantitative estimate of drug-likeness (QED) is 0.898. The molecule has 3 N–H and O–H groups in total. The van der Waals surface area contributed by atoms with E-state index in [0.29, 0.717) is 6.54 Å². The van der Waals surface area contributed by atoms with E-state index in [1.165, 1.54) is 0 Å². The zero-order valence-corrected chi connectivity index (χ0v) is 13.0. The van der Waals surface area contributed by atoms with Gasteiger partial charge in [-0.1, -0.05) is 18.2 Å². The summed E-state index contributed by atoms with van der Waals surface area (Å²) >= 11 is 0. The van der Waals surface area contributed by atoms with Crippen molar-refractivity contribution in [2.75, 3.05) is 25.0 Å². The largest absolute Gasteiger partial charge is 0.327 e. The van der Waals surface area contributed by atoms with Crippen molar-refractivity contribution in [1.29, 1.82) is 0 Å². The highest BCUT2D eigenvalue weighted by Gasteiger charge is 2.19. The van der Waals surface area contributed by atoms with E-state index >= 15 is 0 Å². The Kier molecular flexibility index (Phi) is 6.46. The standard InChI is InChI=1S/C15H23N3O.ClH/c1-11-5-3-6-12(2)15(11)17-14(19)10-18-8-4-7-13(16)9-18;/h3,5-6,13H,4,7-10,16H2,1-2H3,(H,17,19);1H/t13-;/m1./s1. The van der Waals surface area contributed by atoms with Crippen LogP contribution in [0.4, 0.5) is 5.69 Å². The molecule has 2 rings (SSSR count). The van der Waals surface area contributed by atoms with Crippen LogP contribution in [0.2, 0.25) is 0 Å². The van der Waals surface area contributed by atoms with Gasteiger partial charge in [-0.15, -0.1) is 12.4 Å². The third-order valence-electron chi connectivity index (χ3n) is 3.65. The summed E-state index contributed by atoms with van der Waals surface area (Å²) in [5, 5.41) is 3.02. The molecule has 0 spiro atoms. The molecule has 0 aliphatic carbocycles. The van der Waals surface area contributed by atoms with Crippen molar-refractivity contribution in [3.63, 3.8) is 0 Å². The first-order chi connectivity index (χ1) is 9.06. The molecule has 1 saturated heterocycles. The van der Waals surface area contributed by atoms with Gasteiger partial charge in [-0.2, -0.15) is 0 Å². The molecular formula is C15H24ClN3O. The molecule has 4 nitrogen and oxygen atoms in total. The summed E-state index contributed by atoms with van der Waals surface area (Å²) in [5.74, 6) is 0.0477. The van der Waals surface area contributed by atoms with Crippen molar-refractivity contribution >= 4 is 24.0 Å². The summed E-state index contributed by atoms with van der Waals surface area (Å²) in [4.78, 5) is 14.2. The van der Waals surface area contributed by atoms with Crippen molar-refractivity contribution in [3.8, 4) is 0 Å². The van der Waals surface area contributed by atoms with Crippen LogP contribution in [0.3, 0.4) is 0 Å². The van der Waals surface area contributed by atoms with E-state index in [-0.39, 0.29) is 24.4 Å². The first-order valence-corrected chi connectivity index (χ1v) is 6.90. The second kappa shape index (κ2) is 7.62. The molecule has 1 atom stereocenters. The molecule has 0 bridgehead atoms. The lowest BCUT2D eigenvalue weighted by Crippen LogP contribution is -2.45. The number of aryl methyl sites for hydroxylation is 2. The highest BCUT2D eigenvalue weighted by Crippen LogP contribution is 2.19. The number of nitrogens with zero attached hydrogens (tertiary/aromatic N) is 1. The first kappa shape index (κ1) is 17.0. The Morgan fingerprint density at radius 2 is 2.05 bits per heavy atom. The fourth-order valence-electron chi connectivity index (χ4n) is 2.63. The number of rotatable bonds is 3. The van der Waals surface area contributed by atoms with Gasteiger partial charge in [-0.05, 0) is 44.4 Å². The molecule has 1 aromatic rings. The summed E-state index contributed by atoms with van der Waals surface area (Å²) in [6.07, 6.45) is 2.15. The van der Waals surface area contributed by atoms with Gasteiger partial charge >= 0.3 is 0 Å². The summed E-state index contributed by atoms with van der Waals surface area (Å²) < 4.78 is 0. The topological polar surface area (TPSA) is 58.4 Å². The minimum atomic E-state index is 0. The number of amides is 1. The number of nitrogens with two attached hydrogens (primary N) is 1. The Labute approximate surface area is 127 Å². The van der Waals surface area contributed by atoms with Crippen LogP contribution < -0.4 is 11.1 Å². The second-order valence-electron chi connectivity index (χ2n) is 5.45. The lowest BCUT2D eigenvalue weighted by molar-refractivity contribution is -0.117. The van der Waals surface area contributed by atoms with E-state index in [0.717, 1.165) is 42.7 Å². The van der Waals surface area contributed by atoms with Crippen molar-refractivity contribution in [3.05, 3.63) is 29.3 Å². The van der Waals surface area contributed by atoms with Crippen molar-refractivity contribution in [2.45, 2.75) is 32.7 Å². The minimum Gasteiger partial charge on any atom is -0.327 e. The number of likely N-dealkylation sites (tertiary alicyclic amines) is 1. The average Bonchev–Trinajstić information content (AvgIpc) is 2.34. The summed E-state index contributed by atoms with van der Waals surface area (Å²) in [5.41, 5.74) is 9.07. The Morgan fingerprint density at radius 3 is 2.65 bits per heavy atom. The predicted molar refractivity (Wildman–Crippen MR) is 85.4 cm³/mol. The van der Waals surface area contributed by atoms with E-state index in [1.807, 2.05) is 32.0 Å². The van der Waals surface area contributed by atoms with Gasteiger partial charge in [0.05, 0.1) is 6.54 Å². The lowest BCUT2D eigenvalue weighted by Gasteiger charge is -2.30. The summed E-state index contributed by atoms with van der Waals surface area (Å²) in [6.45, 7) is 6.24. The van der Waals surface area contributed by atoms with Gasteiger partial charge < -0.3 is 11.1 Å². The van der Waals surface area contributed by atoms with Crippen LogP contribution >= 0.6 is 12.4 Å². The predicted octanol–water partition coefficient (Wildman–Crippen LogP) is 2.09. The van der Waals surface area contributed by atoms with Crippen LogP contribution in [0.5, 0.6) is 0 Å².